The maximum Gasteiger partial charge on any atom is 0.255 e. The third kappa shape index (κ3) is 4.41. The zero-order valence-electron chi connectivity index (χ0n) is 16.8. The number of hydrogen-bond donors (Lipinski definition) is 2. The van der Waals surface area contributed by atoms with Crippen LogP contribution in [0.25, 0.3) is 5.69 Å². The minimum absolute atomic E-state index is 0.202. The van der Waals surface area contributed by atoms with Crippen LogP contribution in [0, 0.1) is 24.1 Å². The quantitative estimate of drug-likeness (QED) is 0.585. The van der Waals surface area contributed by atoms with Gasteiger partial charge in [0.1, 0.15) is 29.0 Å². The van der Waals surface area contributed by atoms with Crippen LogP contribution in [0.5, 0.6) is 5.75 Å². The average molecular weight is 407 g/mol. The molecule has 8 heteroatoms. The summed E-state index contributed by atoms with van der Waals surface area (Å²) in [5, 5.41) is 16.7. The molecule has 0 atom stereocenters. The van der Waals surface area contributed by atoms with Crippen molar-refractivity contribution >= 4 is 11.7 Å². The van der Waals surface area contributed by atoms with E-state index >= 15 is 0 Å². The Hall–Kier alpha value is -3.86. The molecule has 0 radical (unpaired) electrons. The van der Waals surface area contributed by atoms with Crippen molar-refractivity contribution in [1.29, 1.82) is 5.26 Å². The van der Waals surface area contributed by atoms with Gasteiger partial charge in [-0.15, -0.1) is 0 Å². The Morgan fingerprint density at radius 3 is 2.70 bits per heavy atom. The number of nitrogens with zero attached hydrogens (tertiary/aromatic N) is 3. The standard InChI is InChI=1S/C22H22FN5O2/c1-14-5-10-20(30-2)17(12-14)22(29)26-11-3-4-19-18(13-24)21(25)28(27-19)16-8-6-15(23)7-9-16/h5-10,12H,3-4,11,25H2,1-2H3,(H,26,29). The van der Waals surface area contributed by atoms with Gasteiger partial charge >= 0.3 is 0 Å². The lowest BCUT2D eigenvalue weighted by Gasteiger charge is -2.10. The number of aromatic nitrogens is 2. The van der Waals surface area contributed by atoms with Gasteiger partial charge in [0, 0.05) is 6.54 Å². The van der Waals surface area contributed by atoms with E-state index < -0.39 is 0 Å². The fourth-order valence-electron chi connectivity index (χ4n) is 3.11. The highest BCUT2D eigenvalue weighted by molar-refractivity contribution is 5.97. The zero-order chi connectivity index (χ0) is 21.7. The van der Waals surface area contributed by atoms with Crippen LogP contribution in [0.3, 0.4) is 0 Å². The van der Waals surface area contributed by atoms with Gasteiger partial charge in [0.05, 0.1) is 24.1 Å². The molecule has 0 bridgehead atoms. The first kappa shape index (κ1) is 20.9. The van der Waals surface area contributed by atoms with Crippen LogP contribution >= 0.6 is 0 Å². The molecule has 1 heterocycles. The Balaban J connectivity index is 1.66. The van der Waals surface area contributed by atoms with Crippen LogP contribution in [0.1, 0.15) is 33.6 Å². The van der Waals surface area contributed by atoms with Crippen molar-refractivity contribution in [3.8, 4) is 17.5 Å². The molecule has 0 aliphatic heterocycles. The molecule has 0 aliphatic rings. The topological polar surface area (TPSA) is 106 Å². The number of nitrogens with one attached hydrogen (secondary N) is 1. The fraction of sp³-hybridized carbons (Fsp3) is 0.227. The van der Waals surface area contributed by atoms with Gasteiger partial charge in [-0.25, -0.2) is 9.07 Å². The predicted octanol–water partition coefficient (Wildman–Crippen LogP) is 3.14. The Kier molecular flexibility index (Phi) is 6.32. The van der Waals surface area contributed by atoms with Crippen LogP contribution in [0.15, 0.2) is 42.5 Å². The summed E-state index contributed by atoms with van der Waals surface area (Å²) in [5.41, 5.74) is 8.87. The summed E-state index contributed by atoms with van der Waals surface area (Å²) >= 11 is 0. The number of amides is 1. The number of nitrogens with two attached hydrogens (primary N) is 1. The monoisotopic (exact) mass is 407 g/mol. The van der Waals surface area contributed by atoms with E-state index in [4.69, 9.17) is 10.5 Å². The molecule has 7 nitrogen and oxygen atoms in total. The molecule has 1 amide bonds. The van der Waals surface area contributed by atoms with Crippen molar-refractivity contribution in [2.75, 3.05) is 19.4 Å². The number of methoxy groups -OCH3 is 1. The molecule has 30 heavy (non-hydrogen) atoms. The molecular formula is C22H22FN5O2. The van der Waals surface area contributed by atoms with Crippen molar-refractivity contribution in [1.82, 2.24) is 15.1 Å². The Morgan fingerprint density at radius 2 is 2.03 bits per heavy atom. The summed E-state index contributed by atoms with van der Waals surface area (Å²) in [6, 6.07) is 13.2. The van der Waals surface area contributed by atoms with Crippen molar-refractivity contribution in [3.05, 3.63) is 70.7 Å². The Labute approximate surface area is 173 Å². The molecule has 0 saturated heterocycles. The number of carbonyl (C=O) groups is 1. The average Bonchev–Trinajstić information content (AvgIpc) is 3.06. The number of anilines is 1. The lowest BCUT2D eigenvalue weighted by Crippen LogP contribution is -2.25. The van der Waals surface area contributed by atoms with E-state index in [-0.39, 0.29) is 23.1 Å². The largest absolute Gasteiger partial charge is 0.496 e. The van der Waals surface area contributed by atoms with Gasteiger partial charge in [-0.1, -0.05) is 11.6 Å². The van der Waals surface area contributed by atoms with Gasteiger partial charge < -0.3 is 15.8 Å². The summed E-state index contributed by atoms with van der Waals surface area (Å²) < 4.78 is 19.8. The molecule has 0 fully saturated rings. The number of nitrogen functional groups attached to an aromatic ring is 1. The second kappa shape index (κ2) is 9.09. The first-order valence-electron chi connectivity index (χ1n) is 9.41. The summed E-state index contributed by atoms with van der Waals surface area (Å²) in [7, 11) is 1.52. The molecule has 0 saturated carbocycles. The smallest absolute Gasteiger partial charge is 0.255 e. The zero-order valence-corrected chi connectivity index (χ0v) is 16.8. The minimum atomic E-state index is -0.369. The van der Waals surface area contributed by atoms with Gasteiger partial charge in [0.2, 0.25) is 0 Å². The number of rotatable bonds is 7. The van der Waals surface area contributed by atoms with Crippen molar-refractivity contribution in [3.63, 3.8) is 0 Å². The predicted molar refractivity (Wildman–Crippen MR) is 111 cm³/mol. The van der Waals surface area contributed by atoms with E-state index in [0.29, 0.717) is 42.1 Å². The number of carbonyl (C=O) groups excluding carboxylic acids is 1. The first-order chi connectivity index (χ1) is 14.4. The van der Waals surface area contributed by atoms with Gasteiger partial charge in [-0.2, -0.15) is 10.4 Å². The molecule has 154 valence electrons. The van der Waals surface area contributed by atoms with Crippen LogP contribution in [-0.2, 0) is 6.42 Å². The van der Waals surface area contributed by atoms with E-state index in [1.807, 2.05) is 13.0 Å². The highest BCUT2D eigenvalue weighted by Gasteiger charge is 2.17. The van der Waals surface area contributed by atoms with E-state index in [1.54, 1.807) is 24.3 Å². The fourth-order valence-corrected chi connectivity index (χ4v) is 3.11. The van der Waals surface area contributed by atoms with Crippen molar-refractivity contribution in [2.45, 2.75) is 19.8 Å². The molecule has 3 N–H and O–H groups in total. The third-order valence-corrected chi connectivity index (χ3v) is 4.65. The van der Waals surface area contributed by atoms with E-state index in [9.17, 15) is 14.4 Å². The molecule has 0 spiro atoms. The number of ether oxygens (including phenoxy) is 1. The summed E-state index contributed by atoms with van der Waals surface area (Å²) in [6.45, 7) is 2.30. The molecule has 3 rings (SSSR count). The Morgan fingerprint density at radius 1 is 1.30 bits per heavy atom. The van der Waals surface area contributed by atoms with Gasteiger partial charge in [0.25, 0.3) is 5.91 Å². The normalized spacial score (nSPS) is 10.5. The second-order valence-electron chi connectivity index (χ2n) is 6.77. The summed E-state index contributed by atoms with van der Waals surface area (Å²) in [6.07, 6.45) is 1.01. The number of nitriles is 1. The number of halogens is 1. The first-order valence-corrected chi connectivity index (χ1v) is 9.41. The summed E-state index contributed by atoms with van der Waals surface area (Å²) in [5.74, 6) is 0.113. The number of hydrogen-bond acceptors (Lipinski definition) is 5. The lowest BCUT2D eigenvalue weighted by atomic mass is 10.1. The van der Waals surface area contributed by atoms with Crippen LogP contribution < -0.4 is 15.8 Å². The Bertz CT molecular complexity index is 1100. The van der Waals surface area contributed by atoms with E-state index in [2.05, 4.69) is 16.5 Å². The van der Waals surface area contributed by atoms with Crippen molar-refractivity contribution < 1.29 is 13.9 Å². The number of benzene rings is 2. The van der Waals surface area contributed by atoms with Crippen molar-refractivity contribution in [2.24, 2.45) is 0 Å². The van der Waals surface area contributed by atoms with E-state index in [1.165, 1.54) is 23.9 Å². The minimum Gasteiger partial charge on any atom is -0.496 e. The SMILES string of the molecule is COc1ccc(C)cc1C(=O)NCCCc1nn(-c2ccc(F)cc2)c(N)c1C#N. The molecule has 3 aromatic rings. The van der Waals surface area contributed by atoms with Crippen LogP contribution in [0.4, 0.5) is 10.2 Å². The molecule has 1 aromatic heterocycles. The molecule has 0 aliphatic carbocycles. The number of aryl methyl sites for hydroxylation is 2. The second-order valence-corrected chi connectivity index (χ2v) is 6.77. The highest BCUT2D eigenvalue weighted by atomic mass is 19.1. The van der Waals surface area contributed by atoms with Crippen LogP contribution in [0.2, 0.25) is 0 Å². The van der Waals surface area contributed by atoms with E-state index in [0.717, 1.165) is 5.56 Å². The van der Waals surface area contributed by atoms with Gasteiger partial charge in [0.15, 0.2) is 0 Å². The maximum absolute atomic E-state index is 13.2. The third-order valence-electron chi connectivity index (χ3n) is 4.65. The summed E-state index contributed by atoms with van der Waals surface area (Å²) in [4.78, 5) is 12.5. The van der Waals surface area contributed by atoms with Crippen LogP contribution in [-0.4, -0.2) is 29.3 Å². The maximum atomic E-state index is 13.2. The highest BCUT2D eigenvalue weighted by Crippen LogP contribution is 2.22. The lowest BCUT2D eigenvalue weighted by molar-refractivity contribution is 0.0950. The van der Waals surface area contributed by atoms with Gasteiger partial charge in [-0.3, -0.25) is 4.79 Å². The molecule has 0 unspecified atom stereocenters. The van der Waals surface area contributed by atoms with Gasteiger partial charge in [-0.05, 0) is 56.2 Å². The molecular weight excluding hydrogens is 385 g/mol. The molecule has 2 aromatic carbocycles.